The van der Waals surface area contributed by atoms with E-state index in [1.807, 2.05) is 12.1 Å². The molecule has 1 N–H and O–H groups in total. The summed E-state index contributed by atoms with van der Waals surface area (Å²) in [5, 5.41) is 3.08. The summed E-state index contributed by atoms with van der Waals surface area (Å²) in [6.07, 6.45) is 0.160. The van der Waals surface area contributed by atoms with Crippen LogP contribution in [0.15, 0.2) is 34.7 Å². The molecule has 0 saturated carbocycles. The van der Waals surface area contributed by atoms with Crippen molar-refractivity contribution in [1.82, 2.24) is 9.36 Å². The van der Waals surface area contributed by atoms with Crippen molar-refractivity contribution in [3.63, 3.8) is 0 Å². The summed E-state index contributed by atoms with van der Waals surface area (Å²) in [6.45, 7) is 7.50. The monoisotopic (exact) mass is 383 g/mol. The number of aromatic nitrogens is 2. The number of rotatable bonds is 6. The Kier molecular flexibility index (Phi) is 5.51. The molecule has 0 radical (unpaired) electrons. The predicted octanol–water partition coefficient (Wildman–Crippen LogP) is 4.61. The molecule has 2 aromatic heterocycles. The van der Waals surface area contributed by atoms with Gasteiger partial charge in [0, 0.05) is 17.1 Å². The Labute approximate surface area is 161 Å². The number of carbonyl (C=O) groups is 2. The minimum absolute atomic E-state index is 0.0235. The third-order valence-electron chi connectivity index (χ3n) is 4.10. The second-order valence-electron chi connectivity index (χ2n) is 6.71. The van der Waals surface area contributed by atoms with Gasteiger partial charge in [0.05, 0.1) is 12.0 Å². The Balaban J connectivity index is 1.79. The molecule has 0 bridgehead atoms. The summed E-state index contributed by atoms with van der Waals surface area (Å²) < 4.78 is 9.89. The van der Waals surface area contributed by atoms with Crippen molar-refractivity contribution in [3.8, 4) is 11.3 Å². The lowest BCUT2D eigenvalue weighted by atomic mass is 10.00. The van der Waals surface area contributed by atoms with Gasteiger partial charge in [-0.05, 0) is 37.5 Å². The van der Waals surface area contributed by atoms with Crippen molar-refractivity contribution in [2.24, 2.45) is 0 Å². The van der Waals surface area contributed by atoms with Gasteiger partial charge in [0.1, 0.15) is 17.3 Å². The number of anilines is 1. The molecule has 0 unspecified atom stereocenters. The first-order valence-electron chi connectivity index (χ1n) is 8.67. The summed E-state index contributed by atoms with van der Waals surface area (Å²) >= 11 is 1.05. The van der Waals surface area contributed by atoms with Crippen LogP contribution in [0.2, 0.25) is 0 Å². The number of carbonyl (C=O) groups excluding carboxylic acids is 2. The van der Waals surface area contributed by atoms with E-state index in [0.29, 0.717) is 34.0 Å². The number of Topliss-reactive ketones (excluding diaryl/α,β-unsaturated/α-hetero) is 1. The summed E-state index contributed by atoms with van der Waals surface area (Å²) in [4.78, 5) is 27.9. The molecule has 0 aliphatic carbocycles. The van der Waals surface area contributed by atoms with Gasteiger partial charge in [0.25, 0.3) is 5.91 Å². The fourth-order valence-electron chi connectivity index (χ4n) is 2.66. The van der Waals surface area contributed by atoms with Crippen molar-refractivity contribution >= 4 is 28.4 Å². The first-order valence-corrected chi connectivity index (χ1v) is 9.45. The van der Waals surface area contributed by atoms with E-state index in [9.17, 15) is 9.59 Å². The molecule has 27 heavy (non-hydrogen) atoms. The van der Waals surface area contributed by atoms with E-state index in [1.54, 1.807) is 13.0 Å². The fraction of sp³-hybridized carbons (Fsp3) is 0.300. The van der Waals surface area contributed by atoms with Crippen LogP contribution in [0.5, 0.6) is 0 Å². The molecule has 0 atom stereocenters. The van der Waals surface area contributed by atoms with Gasteiger partial charge < -0.3 is 4.42 Å². The second-order valence-corrected chi connectivity index (χ2v) is 7.46. The number of aryl methyl sites for hydroxylation is 1. The average molecular weight is 383 g/mol. The molecule has 0 fully saturated rings. The Morgan fingerprint density at radius 1 is 1.26 bits per heavy atom. The maximum atomic E-state index is 12.6. The number of ketones is 1. The number of furan rings is 1. The lowest BCUT2D eigenvalue weighted by Crippen LogP contribution is -2.12. The molecule has 140 valence electrons. The van der Waals surface area contributed by atoms with Crippen molar-refractivity contribution in [2.75, 3.05) is 5.32 Å². The molecule has 6 nitrogen and oxygen atoms in total. The first-order chi connectivity index (χ1) is 12.8. The topological polar surface area (TPSA) is 85.1 Å². The van der Waals surface area contributed by atoms with Crippen LogP contribution in [0, 0.1) is 6.92 Å². The van der Waals surface area contributed by atoms with E-state index in [-0.39, 0.29) is 18.1 Å². The zero-order valence-electron chi connectivity index (χ0n) is 15.7. The van der Waals surface area contributed by atoms with Crippen molar-refractivity contribution in [3.05, 3.63) is 53.0 Å². The lowest BCUT2D eigenvalue weighted by molar-refractivity contribution is -0.116. The van der Waals surface area contributed by atoms with Crippen LogP contribution in [0.25, 0.3) is 11.3 Å². The smallest absolute Gasteiger partial charge is 0.261 e. The van der Waals surface area contributed by atoms with Gasteiger partial charge in [0.2, 0.25) is 5.13 Å². The van der Waals surface area contributed by atoms with Crippen molar-refractivity contribution < 1.29 is 14.0 Å². The SMILES string of the molecule is CC(=O)Cc1nsc(NC(=O)c2cc(-c3cccc(C(C)C)c3)oc2C)n1. The zero-order chi connectivity index (χ0) is 19.6. The minimum Gasteiger partial charge on any atom is -0.461 e. The molecule has 2 heterocycles. The molecule has 3 aromatic rings. The Bertz CT molecular complexity index is 988. The van der Waals surface area contributed by atoms with E-state index in [4.69, 9.17) is 4.42 Å². The Morgan fingerprint density at radius 3 is 2.74 bits per heavy atom. The lowest BCUT2D eigenvalue weighted by Gasteiger charge is -2.06. The van der Waals surface area contributed by atoms with Crippen molar-refractivity contribution in [2.45, 2.75) is 40.0 Å². The maximum Gasteiger partial charge on any atom is 0.261 e. The maximum absolute atomic E-state index is 12.6. The largest absolute Gasteiger partial charge is 0.461 e. The highest BCUT2D eigenvalue weighted by molar-refractivity contribution is 7.09. The van der Waals surface area contributed by atoms with Crippen LogP contribution in [0.4, 0.5) is 5.13 Å². The summed E-state index contributed by atoms with van der Waals surface area (Å²) in [5.74, 6) is 1.67. The quantitative estimate of drug-likeness (QED) is 0.672. The van der Waals surface area contributed by atoms with Crippen LogP contribution in [-0.2, 0) is 11.2 Å². The standard InChI is InChI=1S/C20H21N3O3S/c1-11(2)14-6-5-7-15(9-14)17-10-16(13(4)26-17)19(25)22-20-21-18(23-27-20)8-12(3)24/h5-7,9-11H,8H2,1-4H3,(H,21,22,23,25). The number of nitrogens with one attached hydrogen (secondary N) is 1. The molecule has 3 rings (SSSR count). The molecular weight excluding hydrogens is 362 g/mol. The van der Waals surface area contributed by atoms with Crippen LogP contribution < -0.4 is 5.32 Å². The molecule has 0 spiro atoms. The number of nitrogens with zero attached hydrogens (tertiary/aromatic N) is 2. The van der Waals surface area contributed by atoms with Gasteiger partial charge in [-0.15, -0.1) is 0 Å². The van der Waals surface area contributed by atoms with E-state index < -0.39 is 0 Å². The van der Waals surface area contributed by atoms with E-state index >= 15 is 0 Å². The molecule has 0 aliphatic heterocycles. The summed E-state index contributed by atoms with van der Waals surface area (Å²) in [6, 6.07) is 9.83. The highest BCUT2D eigenvalue weighted by atomic mass is 32.1. The van der Waals surface area contributed by atoms with E-state index in [2.05, 4.69) is 40.7 Å². The predicted molar refractivity (Wildman–Crippen MR) is 105 cm³/mol. The second kappa shape index (κ2) is 7.84. The third-order valence-corrected chi connectivity index (χ3v) is 4.76. The van der Waals surface area contributed by atoms with Crippen molar-refractivity contribution in [1.29, 1.82) is 0 Å². The Hall–Kier alpha value is -2.80. The van der Waals surface area contributed by atoms with E-state index in [0.717, 1.165) is 17.1 Å². The van der Waals surface area contributed by atoms with Crippen LogP contribution >= 0.6 is 11.5 Å². The fourth-order valence-corrected chi connectivity index (χ4v) is 3.25. The van der Waals surface area contributed by atoms with Gasteiger partial charge >= 0.3 is 0 Å². The van der Waals surface area contributed by atoms with Gasteiger partial charge in [-0.3, -0.25) is 14.9 Å². The number of hydrogen-bond acceptors (Lipinski definition) is 6. The highest BCUT2D eigenvalue weighted by Crippen LogP contribution is 2.28. The average Bonchev–Trinajstić information content (AvgIpc) is 3.21. The minimum atomic E-state index is -0.312. The molecule has 1 aromatic carbocycles. The molecular formula is C20H21N3O3S. The van der Waals surface area contributed by atoms with Crippen LogP contribution in [0.1, 0.15) is 54.2 Å². The number of amides is 1. The van der Waals surface area contributed by atoms with E-state index in [1.165, 1.54) is 12.5 Å². The molecule has 0 saturated heterocycles. The molecule has 1 amide bonds. The normalized spacial score (nSPS) is 11.0. The molecule has 7 heteroatoms. The van der Waals surface area contributed by atoms with Crippen LogP contribution in [-0.4, -0.2) is 21.0 Å². The van der Waals surface area contributed by atoms with Crippen LogP contribution in [0.3, 0.4) is 0 Å². The van der Waals surface area contributed by atoms with Gasteiger partial charge in [0.15, 0.2) is 5.82 Å². The number of hydrogen-bond donors (Lipinski definition) is 1. The number of benzene rings is 1. The zero-order valence-corrected chi connectivity index (χ0v) is 16.5. The van der Waals surface area contributed by atoms with Gasteiger partial charge in [-0.1, -0.05) is 32.0 Å². The Morgan fingerprint density at radius 2 is 2.04 bits per heavy atom. The molecule has 0 aliphatic rings. The summed E-state index contributed by atoms with van der Waals surface area (Å²) in [5.41, 5.74) is 2.59. The highest BCUT2D eigenvalue weighted by Gasteiger charge is 2.18. The summed E-state index contributed by atoms with van der Waals surface area (Å²) in [7, 11) is 0. The van der Waals surface area contributed by atoms with Gasteiger partial charge in [-0.25, -0.2) is 4.98 Å². The first kappa shape index (κ1) is 19.0. The van der Waals surface area contributed by atoms with Gasteiger partial charge in [-0.2, -0.15) is 4.37 Å². The third kappa shape index (κ3) is 4.49.